The molecule has 0 spiro atoms. The summed E-state index contributed by atoms with van der Waals surface area (Å²) < 4.78 is 5.32. The van der Waals surface area contributed by atoms with E-state index in [1.54, 1.807) is 0 Å². The van der Waals surface area contributed by atoms with Gasteiger partial charge in [-0.05, 0) is 20.3 Å². The zero-order valence-electron chi connectivity index (χ0n) is 17.0. The van der Waals surface area contributed by atoms with Crippen LogP contribution in [-0.4, -0.2) is 25.2 Å². The first kappa shape index (κ1) is 23.4. The Labute approximate surface area is 151 Å². The summed E-state index contributed by atoms with van der Waals surface area (Å²) in [5, 5.41) is 2.17. The SMILES string of the molecule is CCCCCCCCCCCCCCC(=O)OCCC(C)(C)[NH2+]C. The maximum Gasteiger partial charge on any atom is 0.305 e. The van der Waals surface area contributed by atoms with E-state index in [0.29, 0.717) is 13.0 Å². The molecule has 0 saturated carbocycles. The molecule has 144 valence electrons. The molecule has 0 saturated heterocycles. The van der Waals surface area contributed by atoms with E-state index in [2.05, 4.69) is 33.1 Å². The molecule has 24 heavy (non-hydrogen) atoms. The molecule has 0 unspecified atom stereocenters. The van der Waals surface area contributed by atoms with Crippen LogP contribution in [0.25, 0.3) is 0 Å². The number of unbranched alkanes of at least 4 members (excludes halogenated alkanes) is 11. The first-order valence-corrected chi connectivity index (χ1v) is 10.5. The van der Waals surface area contributed by atoms with Crippen molar-refractivity contribution in [1.29, 1.82) is 0 Å². The first-order valence-electron chi connectivity index (χ1n) is 10.5. The minimum absolute atomic E-state index is 0.0195. The van der Waals surface area contributed by atoms with Crippen LogP contribution in [-0.2, 0) is 9.53 Å². The molecule has 0 aromatic carbocycles. The zero-order valence-corrected chi connectivity index (χ0v) is 17.0. The van der Waals surface area contributed by atoms with Gasteiger partial charge in [-0.25, -0.2) is 0 Å². The quantitative estimate of drug-likeness (QED) is 0.299. The molecule has 0 heterocycles. The molecule has 0 aliphatic carbocycles. The fourth-order valence-electron chi connectivity index (χ4n) is 2.75. The molecular formula is C21H44NO2+. The molecule has 0 aromatic heterocycles. The van der Waals surface area contributed by atoms with E-state index in [-0.39, 0.29) is 11.5 Å². The second kappa shape index (κ2) is 15.9. The maximum absolute atomic E-state index is 11.7. The molecule has 2 N–H and O–H groups in total. The van der Waals surface area contributed by atoms with Crippen molar-refractivity contribution in [1.82, 2.24) is 0 Å². The Kier molecular flexibility index (Phi) is 15.6. The van der Waals surface area contributed by atoms with E-state index in [1.165, 1.54) is 70.6 Å². The Balaban J connectivity index is 3.25. The lowest BCUT2D eigenvalue weighted by Crippen LogP contribution is -2.91. The standard InChI is InChI=1S/C21H43NO2/c1-5-6-7-8-9-10-11-12-13-14-15-16-17-20(23)24-19-18-21(2,3)22-4/h22H,5-19H2,1-4H3/p+1. The number of rotatable bonds is 17. The Morgan fingerprint density at radius 3 is 1.75 bits per heavy atom. The minimum atomic E-state index is -0.0195. The van der Waals surface area contributed by atoms with Crippen molar-refractivity contribution in [3.8, 4) is 0 Å². The lowest BCUT2D eigenvalue weighted by atomic mass is 10.0. The van der Waals surface area contributed by atoms with Gasteiger partial charge in [0.15, 0.2) is 0 Å². The van der Waals surface area contributed by atoms with Gasteiger partial charge in [0.25, 0.3) is 0 Å². The average Bonchev–Trinajstić information content (AvgIpc) is 2.55. The van der Waals surface area contributed by atoms with Gasteiger partial charge in [0.05, 0.1) is 19.2 Å². The van der Waals surface area contributed by atoms with Crippen molar-refractivity contribution in [3.63, 3.8) is 0 Å². The fourth-order valence-corrected chi connectivity index (χ4v) is 2.75. The zero-order chi connectivity index (χ0) is 18.1. The van der Waals surface area contributed by atoms with E-state index in [0.717, 1.165) is 12.8 Å². The van der Waals surface area contributed by atoms with Gasteiger partial charge in [-0.15, -0.1) is 0 Å². The highest BCUT2D eigenvalue weighted by atomic mass is 16.5. The van der Waals surface area contributed by atoms with Crippen molar-refractivity contribution in [2.45, 2.75) is 116 Å². The summed E-state index contributed by atoms with van der Waals surface area (Å²) in [5.41, 5.74) is 0.163. The van der Waals surface area contributed by atoms with Crippen molar-refractivity contribution in [2.75, 3.05) is 13.7 Å². The van der Waals surface area contributed by atoms with Crippen molar-refractivity contribution in [3.05, 3.63) is 0 Å². The Morgan fingerprint density at radius 2 is 1.29 bits per heavy atom. The average molecular weight is 343 g/mol. The van der Waals surface area contributed by atoms with Crippen molar-refractivity contribution < 1.29 is 14.8 Å². The van der Waals surface area contributed by atoms with Gasteiger partial charge < -0.3 is 10.1 Å². The van der Waals surface area contributed by atoms with Crippen LogP contribution in [0.2, 0.25) is 0 Å². The highest BCUT2D eigenvalue weighted by Gasteiger charge is 2.18. The van der Waals surface area contributed by atoms with Crippen LogP contribution in [0.1, 0.15) is 111 Å². The largest absolute Gasteiger partial charge is 0.465 e. The summed E-state index contributed by atoms with van der Waals surface area (Å²) in [5.74, 6) is -0.0195. The van der Waals surface area contributed by atoms with Gasteiger partial charge in [0.2, 0.25) is 0 Å². The lowest BCUT2D eigenvalue weighted by Gasteiger charge is -2.19. The Morgan fingerprint density at radius 1 is 0.833 bits per heavy atom. The summed E-state index contributed by atoms with van der Waals surface area (Å²) in [6, 6.07) is 0. The number of quaternary nitrogens is 1. The molecular weight excluding hydrogens is 298 g/mol. The number of hydrogen-bond donors (Lipinski definition) is 1. The highest BCUT2D eigenvalue weighted by molar-refractivity contribution is 5.69. The summed E-state index contributed by atoms with van der Waals surface area (Å²) >= 11 is 0. The molecule has 0 aliphatic rings. The summed E-state index contributed by atoms with van der Waals surface area (Å²) in [6.45, 7) is 7.16. The normalized spacial score (nSPS) is 11.7. The predicted molar refractivity (Wildman–Crippen MR) is 103 cm³/mol. The van der Waals surface area contributed by atoms with E-state index in [4.69, 9.17) is 4.74 Å². The third-order valence-electron chi connectivity index (χ3n) is 5.03. The van der Waals surface area contributed by atoms with Gasteiger partial charge in [-0.1, -0.05) is 77.6 Å². The molecule has 0 aliphatic heterocycles. The number of carbonyl (C=O) groups excluding carboxylic acids is 1. The number of ether oxygens (including phenoxy) is 1. The maximum atomic E-state index is 11.7. The van der Waals surface area contributed by atoms with Crippen LogP contribution in [0, 0.1) is 0 Å². The predicted octanol–water partition coefficient (Wildman–Crippen LogP) is 4.98. The fraction of sp³-hybridized carbons (Fsp3) is 0.952. The topological polar surface area (TPSA) is 42.9 Å². The Hall–Kier alpha value is -0.570. The Bertz CT molecular complexity index is 290. The summed E-state index contributed by atoms with van der Waals surface area (Å²) in [6.07, 6.45) is 17.4. The molecule has 3 nitrogen and oxygen atoms in total. The molecule has 0 bridgehead atoms. The molecule has 0 aromatic rings. The molecule has 3 heteroatoms. The van der Waals surface area contributed by atoms with Gasteiger partial charge in [0.1, 0.15) is 0 Å². The van der Waals surface area contributed by atoms with Crippen LogP contribution in [0.3, 0.4) is 0 Å². The van der Waals surface area contributed by atoms with Crippen LogP contribution >= 0.6 is 0 Å². The van der Waals surface area contributed by atoms with Gasteiger partial charge in [-0.3, -0.25) is 4.79 Å². The van der Waals surface area contributed by atoms with Gasteiger partial charge in [-0.2, -0.15) is 0 Å². The van der Waals surface area contributed by atoms with E-state index in [9.17, 15) is 4.79 Å². The van der Waals surface area contributed by atoms with E-state index >= 15 is 0 Å². The van der Waals surface area contributed by atoms with Crippen LogP contribution in [0.4, 0.5) is 0 Å². The second-order valence-electron chi connectivity index (χ2n) is 7.89. The van der Waals surface area contributed by atoms with Crippen LogP contribution < -0.4 is 5.32 Å². The lowest BCUT2D eigenvalue weighted by molar-refractivity contribution is -0.697. The van der Waals surface area contributed by atoms with Crippen LogP contribution in [0.15, 0.2) is 0 Å². The molecule has 0 radical (unpaired) electrons. The number of carbonyl (C=O) groups is 1. The molecule has 0 fully saturated rings. The van der Waals surface area contributed by atoms with E-state index < -0.39 is 0 Å². The second-order valence-corrected chi connectivity index (χ2v) is 7.89. The monoisotopic (exact) mass is 342 g/mol. The first-order chi connectivity index (χ1) is 11.5. The number of nitrogens with two attached hydrogens (primary N) is 1. The molecule has 0 rings (SSSR count). The van der Waals surface area contributed by atoms with E-state index in [1.807, 2.05) is 0 Å². The summed E-state index contributed by atoms with van der Waals surface area (Å²) in [4.78, 5) is 11.7. The van der Waals surface area contributed by atoms with Gasteiger partial charge >= 0.3 is 5.97 Å². The number of hydrogen-bond acceptors (Lipinski definition) is 2. The smallest absolute Gasteiger partial charge is 0.305 e. The highest BCUT2D eigenvalue weighted by Crippen LogP contribution is 2.12. The molecule has 0 atom stereocenters. The number of esters is 1. The van der Waals surface area contributed by atoms with Crippen LogP contribution in [0.5, 0.6) is 0 Å². The van der Waals surface area contributed by atoms with Gasteiger partial charge in [0, 0.05) is 12.8 Å². The third kappa shape index (κ3) is 16.3. The molecule has 0 amide bonds. The third-order valence-corrected chi connectivity index (χ3v) is 5.03. The summed E-state index contributed by atoms with van der Waals surface area (Å²) in [7, 11) is 2.06. The van der Waals surface area contributed by atoms with Crippen molar-refractivity contribution >= 4 is 5.97 Å². The minimum Gasteiger partial charge on any atom is -0.465 e. The van der Waals surface area contributed by atoms with Crippen molar-refractivity contribution in [2.24, 2.45) is 0 Å².